The first-order valence-electron chi connectivity index (χ1n) is 12.4. The van der Waals surface area contributed by atoms with Crippen LogP contribution in [0.25, 0.3) is 22.4 Å². The molecule has 1 N–H and O–H groups in total. The fraction of sp³-hybridized carbons (Fsp3) is 0.233. The number of nitrogens with one attached hydrogen (secondary N) is 1. The third-order valence-electron chi connectivity index (χ3n) is 7.22. The van der Waals surface area contributed by atoms with Gasteiger partial charge in [-0.1, -0.05) is 30.3 Å². The van der Waals surface area contributed by atoms with Crippen molar-refractivity contribution in [2.45, 2.75) is 19.3 Å². The van der Waals surface area contributed by atoms with Crippen LogP contribution in [0.2, 0.25) is 0 Å². The van der Waals surface area contributed by atoms with E-state index in [1.807, 2.05) is 36.4 Å². The largest absolute Gasteiger partial charge is 0.497 e. The molecule has 2 heterocycles. The van der Waals surface area contributed by atoms with Gasteiger partial charge in [-0.25, -0.2) is 9.97 Å². The first-order chi connectivity index (χ1) is 17.7. The van der Waals surface area contributed by atoms with Crippen molar-refractivity contribution in [1.82, 2.24) is 9.97 Å². The number of rotatable bonds is 5. The van der Waals surface area contributed by atoms with Gasteiger partial charge in [0.15, 0.2) is 0 Å². The number of aromatic nitrogens is 2. The number of ether oxygens (including phenoxy) is 1. The average Bonchev–Trinajstić information content (AvgIpc) is 3.31. The standard InChI is InChI=1S/C30H28N4O2/c1-36-25-11-8-20(9-12-25)28-17-29(32-19-31-28)34-14-4-6-22(18-34)30(35)33-24-10-13-27-23(16-24)15-21-5-2-3-7-26(21)27/h2-3,5,7-13,16-17,19,22H,4,6,14-15,18H2,1H3,(H,33,35). The minimum atomic E-state index is -0.0939. The van der Waals surface area contributed by atoms with Crippen LogP contribution in [0, 0.1) is 5.92 Å². The maximum atomic E-state index is 13.2. The van der Waals surface area contributed by atoms with E-state index in [9.17, 15) is 4.79 Å². The molecule has 1 aliphatic heterocycles. The number of carbonyl (C=O) groups excluding carboxylic acids is 1. The SMILES string of the molecule is COc1ccc(-c2cc(N3CCCC(C(=O)Nc4ccc5c(c4)Cc4ccccc4-5)C3)ncn2)cc1. The molecule has 1 unspecified atom stereocenters. The van der Waals surface area contributed by atoms with Gasteiger partial charge in [0.2, 0.25) is 5.91 Å². The first-order valence-corrected chi connectivity index (χ1v) is 12.4. The fourth-order valence-corrected chi connectivity index (χ4v) is 5.31. The molecule has 6 nitrogen and oxygen atoms in total. The Morgan fingerprint density at radius 1 is 0.972 bits per heavy atom. The molecular weight excluding hydrogens is 448 g/mol. The van der Waals surface area contributed by atoms with E-state index in [-0.39, 0.29) is 11.8 Å². The minimum absolute atomic E-state index is 0.0691. The van der Waals surface area contributed by atoms with Gasteiger partial charge in [-0.3, -0.25) is 4.79 Å². The van der Waals surface area contributed by atoms with Crippen molar-refractivity contribution in [1.29, 1.82) is 0 Å². The number of nitrogens with zero attached hydrogens (tertiary/aromatic N) is 3. The Balaban J connectivity index is 1.14. The molecule has 1 aromatic heterocycles. The van der Waals surface area contributed by atoms with Crippen LogP contribution in [-0.2, 0) is 11.2 Å². The highest BCUT2D eigenvalue weighted by atomic mass is 16.5. The number of carbonyl (C=O) groups is 1. The molecule has 36 heavy (non-hydrogen) atoms. The van der Waals surface area contributed by atoms with Gasteiger partial charge >= 0.3 is 0 Å². The predicted octanol–water partition coefficient (Wildman–Crippen LogP) is 5.58. The zero-order chi connectivity index (χ0) is 24.5. The topological polar surface area (TPSA) is 67.3 Å². The van der Waals surface area contributed by atoms with E-state index >= 15 is 0 Å². The van der Waals surface area contributed by atoms with Gasteiger partial charge < -0.3 is 15.0 Å². The lowest BCUT2D eigenvalue weighted by Crippen LogP contribution is -2.41. The van der Waals surface area contributed by atoms with Crippen molar-refractivity contribution in [3.8, 4) is 28.1 Å². The molecule has 1 saturated heterocycles. The number of hydrogen-bond acceptors (Lipinski definition) is 5. The van der Waals surface area contributed by atoms with Crippen LogP contribution in [-0.4, -0.2) is 36.1 Å². The summed E-state index contributed by atoms with van der Waals surface area (Å²) in [5.74, 6) is 1.64. The van der Waals surface area contributed by atoms with Crippen LogP contribution in [0.3, 0.4) is 0 Å². The summed E-state index contributed by atoms with van der Waals surface area (Å²) in [6.45, 7) is 1.52. The molecule has 1 atom stereocenters. The second-order valence-corrected chi connectivity index (χ2v) is 9.47. The molecule has 6 rings (SSSR count). The van der Waals surface area contributed by atoms with E-state index in [0.717, 1.165) is 54.3 Å². The molecule has 1 aliphatic carbocycles. The predicted molar refractivity (Wildman–Crippen MR) is 142 cm³/mol. The molecule has 180 valence electrons. The quantitative estimate of drug-likeness (QED) is 0.359. The summed E-state index contributed by atoms with van der Waals surface area (Å²) in [6.07, 6.45) is 4.33. The molecular formula is C30H28N4O2. The van der Waals surface area contributed by atoms with Crippen molar-refractivity contribution < 1.29 is 9.53 Å². The van der Waals surface area contributed by atoms with Gasteiger partial charge in [-0.2, -0.15) is 0 Å². The molecule has 0 spiro atoms. The molecule has 3 aromatic carbocycles. The van der Waals surface area contributed by atoms with E-state index < -0.39 is 0 Å². The van der Waals surface area contributed by atoms with E-state index in [0.29, 0.717) is 6.54 Å². The van der Waals surface area contributed by atoms with E-state index in [2.05, 4.69) is 56.6 Å². The van der Waals surface area contributed by atoms with E-state index in [1.54, 1.807) is 13.4 Å². The Labute approximate surface area is 211 Å². The number of anilines is 2. The zero-order valence-electron chi connectivity index (χ0n) is 20.3. The van der Waals surface area contributed by atoms with Crippen molar-refractivity contribution in [2.24, 2.45) is 5.92 Å². The number of methoxy groups -OCH3 is 1. The van der Waals surface area contributed by atoms with Crippen molar-refractivity contribution in [2.75, 3.05) is 30.4 Å². The third-order valence-corrected chi connectivity index (χ3v) is 7.22. The van der Waals surface area contributed by atoms with Gasteiger partial charge in [-0.15, -0.1) is 0 Å². The third kappa shape index (κ3) is 4.31. The van der Waals surface area contributed by atoms with Gasteiger partial charge in [0.1, 0.15) is 17.9 Å². The molecule has 1 amide bonds. The highest BCUT2D eigenvalue weighted by Crippen LogP contribution is 2.37. The zero-order valence-corrected chi connectivity index (χ0v) is 20.3. The number of hydrogen-bond donors (Lipinski definition) is 1. The van der Waals surface area contributed by atoms with Gasteiger partial charge in [0.25, 0.3) is 0 Å². The smallest absolute Gasteiger partial charge is 0.229 e. The number of amides is 1. The summed E-state index contributed by atoms with van der Waals surface area (Å²) in [5, 5.41) is 3.18. The monoisotopic (exact) mass is 476 g/mol. The number of piperidine rings is 1. The van der Waals surface area contributed by atoms with Gasteiger partial charge in [0.05, 0.1) is 18.7 Å². The van der Waals surface area contributed by atoms with Crippen LogP contribution < -0.4 is 15.0 Å². The lowest BCUT2D eigenvalue weighted by molar-refractivity contribution is -0.120. The van der Waals surface area contributed by atoms with Crippen LogP contribution in [0.15, 0.2) is 79.1 Å². The van der Waals surface area contributed by atoms with Crippen molar-refractivity contribution >= 4 is 17.4 Å². The highest BCUT2D eigenvalue weighted by molar-refractivity contribution is 5.94. The van der Waals surface area contributed by atoms with Crippen molar-refractivity contribution in [3.63, 3.8) is 0 Å². The molecule has 0 saturated carbocycles. The maximum Gasteiger partial charge on any atom is 0.229 e. The Morgan fingerprint density at radius 3 is 2.67 bits per heavy atom. The number of benzene rings is 3. The average molecular weight is 477 g/mol. The Morgan fingerprint density at radius 2 is 1.81 bits per heavy atom. The van der Waals surface area contributed by atoms with Crippen LogP contribution in [0.5, 0.6) is 5.75 Å². The Kier molecular flexibility index (Phi) is 5.85. The summed E-state index contributed by atoms with van der Waals surface area (Å²) in [5.41, 5.74) is 7.91. The lowest BCUT2D eigenvalue weighted by atomic mass is 9.96. The molecule has 0 radical (unpaired) electrons. The highest BCUT2D eigenvalue weighted by Gasteiger charge is 2.27. The number of fused-ring (bicyclic) bond motifs is 3. The van der Waals surface area contributed by atoms with Gasteiger partial charge in [0, 0.05) is 30.4 Å². The second kappa shape index (κ2) is 9.46. The van der Waals surface area contributed by atoms with Gasteiger partial charge in [-0.05, 0) is 77.9 Å². The normalized spacial score (nSPS) is 16.2. The molecule has 1 fully saturated rings. The first kappa shape index (κ1) is 22.3. The summed E-state index contributed by atoms with van der Waals surface area (Å²) < 4.78 is 5.26. The second-order valence-electron chi connectivity index (χ2n) is 9.47. The van der Waals surface area contributed by atoms with Crippen LogP contribution in [0.1, 0.15) is 24.0 Å². The fourth-order valence-electron chi connectivity index (χ4n) is 5.31. The lowest BCUT2D eigenvalue weighted by Gasteiger charge is -2.33. The summed E-state index contributed by atoms with van der Waals surface area (Å²) >= 11 is 0. The minimum Gasteiger partial charge on any atom is -0.497 e. The summed E-state index contributed by atoms with van der Waals surface area (Å²) in [7, 11) is 1.66. The van der Waals surface area contributed by atoms with Crippen LogP contribution >= 0.6 is 0 Å². The van der Waals surface area contributed by atoms with E-state index in [1.165, 1.54) is 22.3 Å². The van der Waals surface area contributed by atoms with E-state index in [4.69, 9.17) is 4.74 Å². The summed E-state index contributed by atoms with van der Waals surface area (Å²) in [6, 6.07) is 24.6. The molecule has 0 bridgehead atoms. The molecule has 2 aliphatic rings. The Bertz CT molecular complexity index is 1420. The molecule has 4 aromatic rings. The summed E-state index contributed by atoms with van der Waals surface area (Å²) in [4.78, 5) is 24.4. The molecule has 6 heteroatoms. The van der Waals surface area contributed by atoms with Crippen LogP contribution in [0.4, 0.5) is 11.5 Å². The maximum absolute atomic E-state index is 13.2. The Hall–Kier alpha value is -4.19. The van der Waals surface area contributed by atoms with Crippen molar-refractivity contribution in [3.05, 3.63) is 90.3 Å².